The molecule has 0 spiro atoms. The van der Waals surface area contributed by atoms with E-state index in [2.05, 4.69) is 36.5 Å². The third-order valence-electron chi connectivity index (χ3n) is 2.69. The Kier molecular flexibility index (Phi) is 4.37. The first kappa shape index (κ1) is 14.2. The maximum atomic E-state index is 11.7. The molecule has 102 valence electrons. The molecule has 5 heteroatoms. The number of aromatic nitrogens is 1. The zero-order valence-corrected chi connectivity index (χ0v) is 13.0. The van der Waals surface area contributed by atoms with Crippen molar-refractivity contribution in [2.75, 3.05) is 6.54 Å². The van der Waals surface area contributed by atoms with Crippen LogP contribution >= 0.6 is 22.7 Å². The fourth-order valence-corrected chi connectivity index (χ4v) is 3.21. The zero-order valence-electron chi connectivity index (χ0n) is 11.4. The van der Waals surface area contributed by atoms with Crippen molar-refractivity contribution in [2.45, 2.75) is 32.6 Å². The molecule has 0 aliphatic carbocycles. The largest absolute Gasteiger partial charge is 0.351 e. The molecule has 2 rings (SSSR count). The predicted octanol–water partition coefficient (Wildman–Crippen LogP) is 3.47. The molecule has 1 amide bonds. The number of thiophene rings is 1. The van der Waals surface area contributed by atoms with E-state index in [1.54, 1.807) is 11.3 Å². The number of carbonyl (C=O) groups is 1. The number of carbonyl (C=O) groups excluding carboxylic acids is 1. The predicted molar refractivity (Wildman–Crippen MR) is 81.2 cm³/mol. The summed E-state index contributed by atoms with van der Waals surface area (Å²) < 4.78 is 0. The highest BCUT2D eigenvalue weighted by Crippen LogP contribution is 2.23. The molecular weight excluding hydrogens is 276 g/mol. The van der Waals surface area contributed by atoms with Crippen molar-refractivity contribution in [3.63, 3.8) is 0 Å². The smallest absolute Gasteiger partial charge is 0.261 e. The van der Waals surface area contributed by atoms with Gasteiger partial charge in [0.1, 0.15) is 0 Å². The van der Waals surface area contributed by atoms with Crippen LogP contribution in [0, 0.1) is 0 Å². The second-order valence-electron chi connectivity index (χ2n) is 5.36. The lowest BCUT2D eigenvalue weighted by Gasteiger charge is -2.14. The van der Waals surface area contributed by atoms with Gasteiger partial charge in [-0.25, -0.2) is 4.98 Å². The molecule has 0 atom stereocenters. The van der Waals surface area contributed by atoms with E-state index in [0.29, 0.717) is 6.54 Å². The first-order valence-corrected chi connectivity index (χ1v) is 7.99. The van der Waals surface area contributed by atoms with E-state index in [1.165, 1.54) is 11.3 Å². The molecule has 0 saturated heterocycles. The Morgan fingerprint density at radius 1 is 1.37 bits per heavy atom. The summed E-state index contributed by atoms with van der Waals surface area (Å²) in [7, 11) is 0. The molecule has 2 aromatic heterocycles. The average Bonchev–Trinajstić information content (AvgIpc) is 2.99. The van der Waals surface area contributed by atoms with Crippen molar-refractivity contribution < 1.29 is 4.79 Å². The van der Waals surface area contributed by atoms with Crippen molar-refractivity contribution in [3.8, 4) is 0 Å². The SMILES string of the molecule is CC(C)(C)c1csc(CCNC(=O)c2cccs2)n1. The van der Waals surface area contributed by atoms with E-state index in [-0.39, 0.29) is 11.3 Å². The van der Waals surface area contributed by atoms with E-state index >= 15 is 0 Å². The highest BCUT2D eigenvalue weighted by Gasteiger charge is 2.17. The standard InChI is InChI=1S/C14H18N2OS2/c1-14(2,3)11-9-19-12(16-11)6-7-15-13(17)10-5-4-8-18-10/h4-5,8-9H,6-7H2,1-3H3,(H,15,17). The topological polar surface area (TPSA) is 42.0 Å². The van der Waals surface area contributed by atoms with Gasteiger partial charge in [0, 0.05) is 23.8 Å². The van der Waals surface area contributed by atoms with Crippen LogP contribution in [0.4, 0.5) is 0 Å². The lowest BCUT2D eigenvalue weighted by molar-refractivity contribution is 0.0958. The molecule has 0 aliphatic heterocycles. The van der Waals surface area contributed by atoms with Crippen LogP contribution in [0.1, 0.15) is 41.1 Å². The Balaban J connectivity index is 1.83. The third-order valence-corrected chi connectivity index (χ3v) is 4.47. The quantitative estimate of drug-likeness (QED) is 0.938. The summed E-state index contributed by atoms with van der Waals surface area (Å²) in [5.41, 5.74) is 1.21. The molecule has 2 heterocycles. The fraction of sp³-hybridized carbons (Fsp3) is 0.429. The van der Waals surface area contributed by atoms with Crippen molar-refractivity contribution in [2.24, 2.45) is 0 Å². The second kappa shape index (κ2) is 5.84. The molecule has 0 bridgehead atoms. The first-order chi connectivity index (χ1) is 8.97. The number of hydrogen-bond donors (Lipinski definition) is 1. The van der Waals surface area contributed by atoms with Crippen molar-refractivity contribution >= 4 is 28.6 Å². The van der Waals surface area contributed by atoms with Crippen LogP contribution in [0.5, 0.6) is 0 Å². The van der Waals surface area contributed by atoms with E-state index in [1.807, 2.05) is 17.5 Å². The summed E-state index contributed by atoms with van der Waals surface area (Å²) in [6, 6.07) is 3.72. The van der Waals surface area contributed by atoms with Gasteiger partial charge in [-0.1, -0.05) is 26.8 Å². The van der Waals surface area contributed by atoms with Gasteiger partial charge in [-0.05, 0) is 11.4 Å². The fourth-order valence-electron chi connectivity index (χ4n) is 1.55. The molecule has 0 saturated carbocycles. The van der Waals surface area contributed by atoms with Gasteiger partial charge in [0.25, 0.3) is 5.91 Å². The molecule has 0 unspecified atom stereocenters. The zero-order chi connectivity index (χ0) is 13.9. The molecule has 0 fully saturated rings. The normalized spacial score (nSPS) is 11.5. The van der Waals surface area contributed by atoms with Crippen LogP contribution in [0.15, 0.2) is 22.9 Å². The van der Waals surface area contributed by atoms with Crippen LogP contribution < -0.4 is 5.32 Å². The minimum absolute atomic E-state index is 0.00241. The van der Waals surface area contributed by atoms with E-state index < -0.39 is 0 Å². The molecule has 19 heavy (non-hydrogen) atoms. The Labute approximate surface area is 121 Å². The highest BCUT2D eigenvalue weighted by molar-refractivity contribution is 7.12. The summed E-state index contributed by atoms with van der Waals surface area (Å²) in [6.07, 6.45) is 0.790. The Morgan fingerprint density at radius 2 is 2.16 bits per heavy atom. The molecule has 3 nitrogen and oxygen atoms in total. The van der Waals surface area contributed by atoms with Crippen LogP contribution in [0.2, 0.25) is 0 Å². The Morgan fingerprint density at radius 3 is 2.74 bits per heavy atom. The Hall–Kier alpha value is -1.20. The minimum atomic E-state index is 0.00241. The van der Waals surface area contributed by atoms with Gasteiger partial charge in [0.2, 0.25) is 0 Å². The lowest BCUT2D eigenvalue weighted by atomic mass is 9.93. The Bertz CT molecular complexity index is 538. The lowest BCUT2D eigenvalue weighted by Crippen LogP contribution is -2.24. The van der Waals surface area contributed by atoms with Gasteiger partial charge in [-0.2, -0.15) is 0 Å². The number of nitrogens with one attached hydrogen (secondary N) is 1. The van der Waals surface area contributed by atoms with Crippen molar-refractivity contribution in [3.05, 3.63) is 38.5 Å². The highest BCUT2D eigenvalue weighted by atomic mass is 32.1. The third kappa shape index (κ3) is 3.88. The molecule has 2 aromatic rings. The molecular formula is C14H18N2OS2. The molecule has 0 aliphatic rings. The van der Waals surface area contributed by atoms with E-state index in [0.717, 1.165) is 22.0 Å². The number of amides is 1. The van der Waals surface area contributed by atoms with Gasteiger partial charge >= 0.3 is 0 Å². The van der Waals surface area contributed by atoms with Crippen molar-refractivity contribution in [1.29, 1.82) is 0 Å². The van der Waals surface area contributed by atoms with Gasteiger partial charge in [0.15, 0.2) is 0 Å². The molecule has 0 radical (unpaired) electrons. The summed E-state index contributed by atoms with van der Waals surface area (Å²) >= 11 is 3.13. The van der Waals surface area contributed by atoms with Gasteiger partial charge in [-0.3, -0.25) is 4.79 Å². The molecule has 0 aromatic carbocycles. The maximum Gasteiger partial charge on any atom is 0.261 e. The maximum absolute atomic E-state index is 11.7. The van der Waals surface area contributed by atoms with Gasteiger partial charge < -0.3 is 5.32 Å². The van der Waals surface area contributed by atoms with Crippen LogP contribution in [0.3, 0.4) is 0 Å². The second-order valence-corrected chi connectivity index (χ2v) is 7.25. The van der Waals surface area contributed by atoms with Gasteiger partial charge in [-0.15, -0.1) is 22.7 Å². The van der Waals surface area contributed by atoms with Crippen molar-refractivity contribution in [1.82, 2.24) is 10.3 Å². The summed E-state index contributed by atoms with van der Waals surface area (Å²) in [5, 5.41) is 8.02. The number of thiazole rings is 1. The first-order valence-electron chi connectivity index (χ1n) is 6.23. The van der Waals surface area contributed by atoms with E-state index in [4.69, 9.17) is 0 Å². The molecule has 1 N–H and O–H groups in total. The van der Waals surface area contributed by atoms with Gasteiger partial charge in [0.05, 0.1) is 15.6 Å². The minimum Gasteiger partial charge on any atom is -0.351 e. The van der Waals surface area contributed by atoms with Crippen LogP contribution in [-0.4, -0.2) is 17.4 Å². The summed E-state index contributed by atoms with van der Waals surface area (Å²) in [4.78, 5) is 17.1. The number of hydrogen-bond acceptors (Lipinski definition) is 4. The van der Waals surface area contributed by atoms with Crippen LogP contribution in [0.25, 0.3) is 0 Å². The summed E-state index contributed by atoms with van der Waals surface area (Å²) in [5.74, 6) is 0.00241. The van der Waals surface area contributed by atoms with E-state index in [9.17, 15) is 4.79 Å². The van der Waals surface area contributed by atoms with Crippen LogP contribution in [-0.2, 0) is 11.8 Å². The summed E-state index contributed by atoms with van der Waals surface area (Å²) in [6.45, 7) is 7.10. The monoisotopic (exact) mass is 294 g/mol. The average molecular weight is 294 g/mol. The number of nitrogens with zero attached hydrogens (tertiary/aromatic N) is 1. The number of rotatable bonds is 4.